The number of rotatable bonds is 12. The van der Waals surface area contributed by atoms with Gasteiger partial charge in [0, 0.05) is 5.70 Å². The summed E-state index contributed by atoms with van der Waals surface area (Å²) in [6.07, 6.45) is 5.77. The molecule has 60 heavy (non-hydrogen) atoms. The molecule has 6 nitrogen and oxygen atoms in total. The van der Waals surface area contributed by atoms with Crippen molar-refractivity contribution in [3.05, 3.63) is 221 Å². The Labute approximate surface area is 352 Å². The zero-order valence-electron chi connectivity index (χ0n) is 33.8. The smallest absolute Gasteiger partial charge is 0.153 e. The Morgan fingerprint density at radius 1 is 0.667 bits per heavy atom. The third-order valence-electron chi connectivity index (χ3n) is 11.4. The molecule has 0 saturated heterocycles. The number of benzene rings is 7. The second-order valence-electron chi connectivity index (χ2n) is 15.4. The highest BCUT2D eigenvalue weighted by Crippen LogP contribution is 2.58. The van der Waals surface area contributed by atoms with Crippen LogP contribution in [-0.4, -0.2) is 11.4 Å². The lowest BCUT2D eigenvalue weighted by Gasteiger charge is -2.39. The minimum Gasteiger partial charge on any atom is -0.453 e. The van der Waals surface area contributed by atoms with Crippen LogP contribution < -0.4 is 20.7 Å². The van der Waals surface area contributed by atoms with Crippen LogP contribution in [-0.2, 0) is 6.42 Å². The lowest BCUT2D eigenvalue weighted by molar-refractivity contribution is 0.475. The Balaban J connectivity index is 1.04. The number of para-hydroxylation sites is 1. The average molecular weight is 782 g/mol. The zero-order chi connectivity index (χ0) is 41.0. The van der Waals surface area contributed by atoms with Crippen LogP contribution in [0.1, 0.15) is 59.7 Å². The topological polar surface area (TPSA) is 86.7 Å². The summed E-state index contributed by atoms with van der Waals surface area (Å²) in [6.45, 7) is 4.36. The molecule has 2 heterocycles. The maximum atomic E-state index is 9.01. The molecule has 294 valence electrons. The first kappa shape index (κ1) is 38.1. The summed E-state index contributed by atoms with van der Waals surface area (Å²) in [7, 11) is 0. The standard InChI is InChI=1S/C54H47N5O/c1-3-38(44(39-17-8-4-9-18-39)34-45(55)40-19-10-5-11-20-40)31-37-27-29-51-53(32-37)60-52-26-16-25-47-54(52)59(51)50-30-28-43(33-49(50)58-47)36(2)57-48(42-23-14-7-15-24-42)35-46(56)41-21-12-6-13-22-41/h4-30,32-36,38,55,58H,3,31,56H2,1-2H3/b44-34+,46-35-,55-45?,57-48?. The van der Waals surface area contributed by atoms with Crippen molar-refractivity contribution in [2.45, 2.75) is 32.7 Å². The Morgan fingerprint density at radius 3 is 1.98 bits per heavy atom. The van der Waals surface area contributed by atoms with Gasteiger partial charge >= 0.3 is 0 Å². The van der Waals surface area contributed by atoms with Gasteiger partial charge in [0.1, 0.15) is 5.69 Å². The van der Waals surface area contributed by atoms with Gasteiger partial charge in [-0.15, -0.1) is 0 Å². The molecule has 2 aliphatic heterocycles. The number of anilines is 5. The second-order valence-corrected chi connectivity index (χ2v) is 15.4. The van der Waals surface area contributed by atoms with Crippen molar-refractivity contribution >= 4 is 51.1 Å². The highest BCUT2D eigenvalue weighted by atomic mass is 16.5. The van der Waals surface area contributed by atoms with E-state index in [2.05, 4.69) is 109 Å². The molecule has 0 aliphatic carbocycles. The predicted octanol–water partition coefficient (Wildman–Crippen LogP) is 13.6. The lowest BCUT2D eigenvalue weighted by atomic mass is 9.84. The van der Waals surface area contributed by atoms with Crippen LogP contribution in [0, 0.1) is 11.3 Å². The molecule has 7 aromatic carbocycles. The summed E-state index contributed by atoms with van der Waals surface area (Å²) in [5.41, 5.74) is 21.1. The van der Waals surface area contributed by atoms with Gasteiger partial charge in [0.2, 0.25) is 0 Å². The van der Waals surface area contributed by atoms with Gasteiger partial charge in [-0.3, -0.25) is 9.89 Å². The van der Waals surface area contributed by atoms with E-state index in [4.69, 9.17) is 20.9 Å². The summed E-state index contributed by atoms with van der Waals surface area (Å²) in [6, 6.07) is 59.9. The van der Waals surface area contributed by atoms with Crippen molar-refractivity contribution in [2.75, 3.05) is 10.2 Å². The molecule has 2 unspecified atom stereocenters. The van der Waals surface area contributed by atoms with Crippen molar-refractivity contribution in [3.63, 3.8) is 0 Å². The zero-order valence-corrected chi connectivity index (χ0v) is 33.8. The number of ether oxygens (including phenoxy) is 1. The van der Waals surface area contributed by atoms with E-state index < -0.39 is 0 Å². The quantitative estimate of drug-likeness (QED) is 0.108. The SMILES string of the molecule is CCC(Cc1ccc2c(c1)Oc1cccc3c1N2c1ccc(C(C)N=C(/C=C(\N)c2ccccc2)c2ccccc2)cc1N3)/C(=C\C(=N)c1ccccc1)c1ccccc1. The average Bonchev–Trinajstić information content (AvgIpc) is 3.30. The molecule has 0 radical (unpaired) electrons. The van der Waals surface area contributed by atoms with E-state index in [1.165, 1.54) is 5.56 Å². The summed E-state index contributed by atoms with van der Waals surface area (Å²) in [5.74, 6) is 1.81. The molecule has 0 spiro atoms. The Kier molecular flexibility index (Phi) is 10.7. The fourth-order valence-corrected chi connectivity index (χ4v) is 8.26. The number of aliphatic imine (C=N–C) groups is 1. The van der Waals surface area contributed by atoms with Gasteiger partial charge in [-0.05, 0) is 113 Å². The van der Waals surface area contributed by atoms with Crippen LogP contribution in [0.15, 0.2) is 193 Å². The summed E-state index contributed by atoms with van der Waals surface area (Å²) in [4.78, 5) is 7.58. The van der Waals surface area contributed by atoms with E-state index >= 15 is 0 Å². The van der Waals surface area contributed by atoms with Crippen molar-refractivity contribution in [1.29, 1.82) is 5.41 Å². The number of hydrogen-bond donors (Lipinski definition) is 3. The molecule has 7 aromatic rings. The number of fused-ring (bicyclic) bond motifs is 4. The van der Waals surface area contributed by atoms with E-state index in [0.29, 0.717) is 11.4 Å². The van der Waals surface area contributed by atoms with E-state index in [-0.39, 0.29) is 12.0 Å². The molecule has 0 saturated carbocycles. The van der Waals surface area contributed by atoms with Crippen molar-refractivity contribution < 1.29 is 4.74 Å². The van der Waals surface area contributed by atoms with Gasteiger partial charge < -0.3 is 21.2 Å². The van der Waals surface area contributed by atoms with E-state index in [1.54, 1.807) is 0 Å². The Morgan fingerprint density at radius 2 is 1.30 bits per heavy atom. The van der Waals surface area contributed by atoms with Crippen molar-refractivity contribution in [3.8, 4) is 11.5 Å². The monoisotopic (exact) mass is 781 g/mol. The molecule has 4 N–H and O–H groups in total. The first-order chi connectivity index (χ1) is 29.4. The van der Waals surface area contributed by atoms with Crippen molar-refractivity contribution in [2.24, 2.45) is 16.6 Å². The third kappa shape index (κ3) is 7.75. The second kappa shape index (κ2) is 16.8. The van der Waals surface area contributed by atoms with Crippen LogP contribution in [0.5, 0.6) is 11.5 Å². The van der Waals surface area contributed by atoms with Crippen LogP contribution in [0.2, 0.25) is 0 Å². The first-order valence-electron chi connectivity index (χ1n) is 20.6. The predicted molar refractivity (Wildman–Crippen MR) is 250 cm³/mol. The molecule has 6 heteroatoms. The fraction of sp³-hybridized carbons (Fsp3) is 0.111. The number of nitrogens with zero attached hydrogens (tertiary/aromatic N) is 2. The van der Waals surface area contributed by atoms with Crippen LogP contribution in [0.3, 0.4) is 0 Å². The van der Waals surface area contributed by atoms with Gasteiger partial charge in [0.15, 0.2) is 11.5 Å². The molecule has 0 aromatic heterocycles. The minimum absolute atomic E-state index is 0.155. The maximum Gasteiger partial charge on any atom is 0.153 e. The number of hydrogen-bond acceptors (Lipinski definition) is 6. The third-order valence-corrected chi connectivity index (χ3v) is 11.4. The molecule has 0 bridgehead atoms. The molecule has 2 aliphatic rings. The lowest BCUT2D eigenvalue weighted by Crippen LogP contribution is -2.22. The first-order valence-corrected chi connectivity index (χ1v) is 20.6. The van der Waals surface area contributed by atoms with Crippen molar-refractivity contribution in [1.82, 2.24) is 0 Å². The van der Waals surface area contributed by atoms with Crippen LogP contribution >= 0.6 is 0 Å². The van der Waals surface area contributed by atoms with Crippen LogP contribution in [0.25, 0.3) is 11.3 Å². The summed E-state index contributed by atoms with van der Waals surface area (Å²) in [5, 5.41) is 12.7. The molecular formula is C54H47N5O. The van der Waals surface area contributed by atoms with Gasteiger partial charge in [0.25, 0.3) is 0 Å². The largest absolute Gasteiger partial charge is 0.453 e. The summed E-state index contributed by atoms with van der Waals surface area (Å²) >= 11 is 0. The molecular weight excluding hydrogens is 735 g/mol. The highest BCUT2D eigenvalue weighted by molar-refractivity contribution is 6.12. The van der Waals surface area contributed by atoms with Crippen LogP contribution in [0.4, 0.5) is 28.4 Å². The van der Waals surface area contributed by atoms with Gasteiger partial charge in [-0.2, -0.15) is 0 Å². The van der Waals surface area contributed by atoms with Gasteiger partial charge in [-0.1, -0.05) is 146 Å². The maximum absolute atomic E-state index is 9.01. The Hall–Kier alpha value is -7.44. The number of nitrogens with two attached hydrogens (primary N) is 1. The molecule has 9 rings (SSSR count). The summed E-state index contributed by atoms with van der Waals surface area (Å²) < 4.78 is 6.71. The Bertz CT molecular complexity index is 2760. The molecule has 2 atom stereocenters. The number of nitrogens with one attached hydrogen (secondary N) is 2. The normalized spacial score (nSPS) is 14.2. The fourth-order valence-electron chi connectivity index (χ4n) is 8.26. The van der Waals surface area contributed by atoms with E-state index in [0.717, 1.165) is 91.9 Å². The highest BCUT2D eigenvalue weighted by Gasteiger charge is 2.33. The van der Waals surface area contributed by atoms with Gasteiger partial charge in [0.05, 0.1) is 40.2 Å². The minimum atomic E-state index is -0.155. The molecule has 0 fully saturated rings. The van der Waals surface area contributed by atoms with Gasteiger partial charge in [-0.25, -0.2) is 0 Å². The van der Waals surface area contributed by atoms with E-state index in [9.17, 15) is 0 Å². The number of allylic oxidation sites excluding steroid dienone is 3. The molecule has 0 amide bonds. The van der Waals surface area contributed by atoms with E-state index in [1.807, 2.05) is 103 Å².